The van der Waals surface area contributed by atoms with Crippen molar-refractivity contribution in [1.82, 2.24) is 42.0 Å². The molecule has 0 unspecified atom stereocenters. The van der Waals surface area contributed by atoms with E-state index in [1.165, 1.54) is 0 Å². The first kappa shape index (κ1) is 36.0. The van der Waals surface area contributed by atoms with Gasteiger partial charge < -0.3 is 0 Å². The SMILES string of the molecule is CN(C)P(=NP(=S)(N=P(N(C)C)(N(C)C)N(C)C)N=P(N(C)C)(N(C)C)N(C)C)(N(C)C)N(C)C. The maximum absolute atomic E-state index is 6.57. The van der Waals surface area contributed by atoms with E-state index in [-0.39, 0.29) is 0 Å². The summed E-state index contributed by atoms with van der Waals surface area (Å²) < 4.78 is 36.4. The molecular weight excluding hydrogens is 540 g/mol. The Morgan fingerprint density at radius 2 is 0.429 bits per heavy atom. The Morgan fingerprint density at radius 3 is 0.514 bits per heavy atom. The summed E-state index contributed by atoms with van der Waals surface area (Å²) in [6.45, 7) is -3.09. The van der Waals surface area contributed by atoms with Crippen LogP contribution in [0.1, 0.15) is 0 Å². The summed E-state index contributed by atoms with van der Waals surface area (Å²) in [7, 11) is 30.0. The van der Waals surface area contributed by atoms with Crippen molar-refractivity contribution in [1.29, 1.82) is 0 Å². The van der Waals surface area contributed by atoms with Crippen molar-refractivity contribution in [3.8, 4) is 0 Å². The molecule has 0 aromatic rings. The van der Waals surface area contributed by atoms with Gasteiger partial charge in [-0.1, -0.05) is 0 Å². The van der Waals surface area contributed by atoms with E-state index in [1.54, 1.807) is 0 Å². The Balaban J connectivity index is 8.54. The summed E-state index contributed by atoms with van der Waals surface area (Å²) in [5.41, 5.74) is 0. The number of hydrogen-bond acceptors (Lipinski definition) is 1. The van der Waals surface area contributed by atoms with E-state index in [9.17, 15) is 0 Å². The maximum Gasteiger partial charge on any atom is 0.281 e. The third-order valence-electron chi connectivity index (χ3n) is 5.54. The van der Waals surface area contributed by atoms with Gasteiger partial charge in [0, 0.05) is 0 Å². The highest BCUT2D eigenvalue weighted by Crippen LogP contribution is 2.76. The van der Waals surface area contributed by atoms with Gasteiger partial charge in [0.25, 0.3) is 6.49 Å². The highest BCUT2D eigenvalue weighted by molar-refractivity contribution is 8.15. The van der Waals surface area contributed by atoms with Crippen LogP contribution in [0, 0.1) is 0 Å². The molecule has 0 aliphatic carbocycles. The van der Waals surface area contributed by atoms with Crippen LogP contribution in [-0.4, -0.2) is 169 Å². The third kappa shape index (κ3) is 7.14. The second kappa shape index (κ2) is 13.4. The van der Waals surface area contributed by atoms with Gasteiger partial charge in [0.2, 0.25) is 0 Å². The van der Waals surface area contributed by atoms with Crippen LogP contribution in [0.25, 0.3) is 0 Å². The lowest BCUT2D eigenvalue weighted by Crippen LogP contribution is -2.32. The molecule has 0 radical (unpaired) electrons. The van der Waals surface area contributed by atoms with Gasteiger partial charge in [-0.15, -0.1) is 0 Å². The van der Waals surface area contributed by atoms with Crippen LogP contribution < -0.4 is 0 Å². The molecule has 35 heavy (non-hydrogen) atoms. The van der Waals surface area contributed by atoms with Gasteiger partial charge >= 0.3 is 0 Å². The zero-order chi connectivity index (χ0) is 28.3. The second-order valence-electron chi connectivity index (χ2n) is 10.0. The fraction of sp³-hybridized carbons (Fsp3) is 1.00. The van der Waals surface area contributed by atoms with Crippen molar-refractivity contribution in [2.45, 2.75) is 0 Å². The number of rotatable bonds is 12. The number of hydrogen-bond donors (Lipinski definition) is 0. The van der Waals surface area contributed by atoms with Gasteiger partial charge in [0.1, 0.15) is 0 Å². The van der Waals surface area contributed by atoms with E-state index in [4.69, 9.17) is 25.4 Å². The van der Waals surface area contributed by atoms with Crippen LogP contribution in [0.3, 0.4) is 0 Å². The summed E-state index contributed by atoms with van der Waals surface area (Å²) in [6, 6.07) is 0. The quantitative estimate of drug-likeness (QED) is 0.309. The van der Waals surface area contributed by atoms with Crippen molar-refractivity contribution < 1.29 is 0 Å². The second-order valence-corrected chi connectivity index (χ2v) is 25.1. The number of nitrogens with zero attached hydrogens (tertiary/aromatic N) is 12. The zero-order valence-electron chi connectivity index (χ0n) is 25.6. The van der Waals surface area contributed by atoms with E-state index in [1.807, 2.05) is 0 Å². The molecule has 0 saturated heterocycles. The van der Waals surface area contributed by atoms with E-state index in [0.717, 1.165) is 0 Å². The highest BCUT2D eigenvalue weighted by atomic mass is 32.4. The predicted octanol–water partition coefficient (Wildman–Crippen LogP) is 4.10. The monoisotopic (exact) mass is 594 g/mol. The highest BCUT2D eigenvalue weighted by Gasteiger charge is 2.40. The topological polar surface area (TPSA) is 66.2 Å². The maximum atomic E-state index is 6.57. The minimum atomic E-state index is -3.09. The fourth-order valence-corrected chi connectivity index (χ4v) is 24.5. The van der Waals surface area contributed by atoms with E-state index in [0.29, 0.717) is 0 Å². The molecule has 0 rings (SSSR count). The molecule has 0 aromatic carbocycles. The van der Waals surface area contributed by atoms with Crippen molar-refractivity contribution in [3.63, 3.8) is 0 Å². The first-order valence-corrected chi connectivity index (χ1v) is 18.7. The normalized spacial score (nSPS) is 14.7. The van der Waals surface area contributed by atoms with Crippen LogP contribution >= 0.6 is 29.0 Å². The van der Waals surface area contributed by atoms with Gasteiger partial charge in [0.05, 0.1) is 0 Å². The summed E-state index contributed by atoms with van der Waals surface area (Å²) >= 11 is 6.57. The van der Waals surface area contributed by atoms with E-state index in [2.05, 4.69) is 169 Å². The molecule has 12 nitrogen and oxygen atoms in total. The van der Waals surface area contributed by atoms with Crippen LogP contribution in [0.4, 0.5) is 0 Å². The third-order valence-corrected chi connectivity index (χ3v) is 22.8. The van der Waals surface area contributed by atoms with Gasteiger partial charge in [-0.2, -0.15) is 13.5 Å². The molecule has 0 fully saturated rings. The van der Waals surface area contributed by atoms with Gasteiger partial charge in [-0.05, 0) is 139 Å². The molecule has 0 aromatic heterocycles. The lowest BCUT2D eigenvalue weighted by molar-refractivity contribution is 0.472. The van der Waals surface area contributed by atoms with Crippen molar-refractivity contribution in [2.75, 3.05) is 127 Å². The minimum Gasteiger partial charge on any atom is -0.252 e. The smallest absolute Gasteiger partial charge is 0.252 e. The van der Waals surface area contributed by atoms with Gasteiger partial charge in [-0.25, -0.2) is 0 Å². The molecule has 0 atom stereocenters. The summed E-state index contributed by atoms with van der Waals surface area (Å²) in [5, 5.41) is 0. The molecule has 0 bridgehead atoms. The lowest BCUT2D eigenvalue weighted by Gasteiger charge is -2.45. The largest absolute Gasteiger partial charge is 0.281 e. The van der Waals surface area contributed by atoms with Crippen molar-refractivity contribution in [2.24, 2.45) is 13.5 Å². The van der Waals surface area contributed by atoms with Crippen LogP contribution in [-0.2, 0) is 11.8 Å². The Labute approximate surface area is 223 Å². The molecular formula is C18H54N12P4S. The standard InChI is InChI=1S/C18H54N12P4S/c1-22(2)32(23(3)4,24(5)6)19-31(35,20-33(25(7)8,26(9)10)27(11)12)21-34(28(13)14,29(15)16)30(17)18/h1-18H3. The Bertz CT molecular complexity index is 709. The summed E-state index contributed by atoms with van der Waals surface area (Å²) in [4.78, 5) is 0. The fourth-order valence-electron chi connectivity index (χ4n) is 4.46. The van der Waals surface area contributed by atoms with Crippen molar-refractivity contribution >= 4 is 40.8 Å². The van der Waals surface area contributed by atoms with Crippen LogP contribution in [0.2, 0.25) is 0 Å². The average Bonchev–Trinajstić information content (AvgIpc) is 2.66. The van der Waals surface area contributed by atoms with Crippen LogP contribution in [0.5, 0.6) is 0 Å². The average molecular weight is 595 g/mol. The summed E-state index contributed by atoms with van der Waals surface area (Å²) in [6.07, 6.45) is 0. The molecule has 17 heteroatoms. The molecule has 0 heterocycles. The molecule has 0 aliphatic heterocycles. The van der Waals surface area contributed by atoms with E-state index >= 15 is 0 Å². The molecule has 0 N–H and O–H groups in total. The Hall–Kier alpha value is 0.980. The summed E-state index contributed by atoms with van der Waals surface area (Å²) in [5.74, 6) is 0. The van der Waals surface area contributed by atoms with Crippen molar-refractivity contribution in [3.05, 3.63) is 0 Å². The Kier molecular flexibility index (Phi) is 13.7. The molecule has 0 spiro atoms. The Morgan fingerprint density at radius 1 is 0.314 bits per heavy atom. The van der Waals surface area contributed by atoms with Crippen LogP contribution in [0.15, 0.2) is 13.5 Å². The first-order chi connectivity index (χ1) is 15.6. The zero-order valence-corrected chi connectivity index (χ0v) is 30.0. The molecule has 212 valence electrons. The molecule has 0 amide bonds. The predicted molar refractivity (Wildman–Crippen MR) is 166 cm³/mol. The molecule has 0 aliphatic rings. The minimum absolute atomic E-state index is 2.06. The first-order valence-electron chi connectivity index (χ1n) is 11.2. The molecule has 0 saturated carbocycles. The van der Waals surface area contributed by atoms with Gasteiger partial charge in [-0.3, -0.25) is 42.0 Å². The lowest BCUT2D eigenvalue weighted by atomic mass is 11.2. The van der Waals surface area contributed by atoms with E-state index < -0.39 is 29.0 Å². The van der Waals surface area contributed by atoms with Gasteiger partial charge in [0.15, 0.2) is 22.5 Å².